The van der Waals surface area contributed by atoms with Gasteiger partial charge in [0, 0.05) is 0 Å². The maximum absolute atomic E-state index is 11.2. The van der Waals surface area contributed by atoms with Crippen LogP contribution in [0.2, 0.25) is 0 Å². The molecule has 0 aliphatic carbocycles. The van der Waals surface area contributed by atoms with Crippen LogP contribution in [0.25, 0.3) is 0 Å². The van der Waals surface area contributed by atoms with Gasteiger partial charge in [-0.15, -0.1) is 0 Å². The Bertz CT molecular complexity index is 499. The minimum Gasteiger partial charge on any atom is -0.497 e. The molecule has 1 amide bonds. The molecule has 1 aromatic rings. The van der Waals surface area contributed by atoms with Crippen LogP contribution in [0.1, 0.15) is 12.0 Å². The summed E-state index contributed by atoms with van der Waals surface area (Å²) in [5.74, 6) is -0.494. The van der Waals surface area contributed by atoms with E-state index >= 15 is 0 Å². The molecule has 0 fully saturated rings. The van der Waals surface area contributed by atoms with E-state index in [1.54, 1.807) is 18.2 Å². The molecule has 1 aliphatic rings. The second-order valence-corrected chi connectivity index (χ2v) is 4.04. The van der Waals surface area contributed by atoms with E-state index in [2.05, 4.69) is 0 Å². The highest BCUT2D eigenvalue weighted by Crippen LogP contribution is 2.33. The third-order valence-corrected chi connectivity index (χ3v) is 3.04. The molecule has 1 aromatic carbocycles. The summed E-state index contributed by atoms with van der Waals surface area (Å²) in [7, 11) is 1.53. The van der Waals surface area contributed by atoms with Gasteiger partial charge in [-0.1, -0.05) is 0 Å². The van der Waals surface area contributed by atoms with Gasteiger partial charge in [-0.2, -0.15) is 0 Å². The van der Waals surface area contributed by atoms with Gasteiger partial charge in [0.1, 0.15) is 11.8 Å². The number of aryl methyl sites for hydroxylation is 1. The van der Waals surface area contributed by atoms with E-state index in [1.165, 1.54) is 7.11 Å². The number of amides is 1. The van der Waals surface area contributed by atoms with Crippen LogP contribution in [0.4, 0.5) is 10.5 Å². The van der Waals surface area contributed by atoms with Gasteiger partial charge in [-0.25, -0.2) is 9.59 Å². The molecule has 2 N–H and O–H groups in total. The van der Waals surface area contributed by atoms with Crippen molar-refractivity contribution in [1.82, 2.24) is 0 Å². The van der Waals surface area contributed by atoms with Gasteiger partial charge in [0.05, 0.1) is 12.8 Å². The zero-order chi connectivity index (χ0) is 13.3. The Morgan fingerprint density at radius 2 is 2.11 bits per heavy atom. The first-order chi connectivity index (χ1) is 8.54. The molecular weight excluding hydrogens is 238 g/mol. The third kappa shape index (κ3) is 1.97. The summed E-state index contributed by atoms with van der Waals surface area (Å²) < 4.78 is 5.07. The summed E-state index contributed by atoms with van der Waals surface area (Å²) in [5.41, 5.74) is 1.20. The summed E-state index contributed by atoms with van der Waals surface area (Å²) in [4.78, 5) is 23.2. The molecule has 96 valence electrons. The fourth-order valence-corrected chi connectivity index (χ4v) is 2.18. The molecule has 0 radical (unpaired) electrons. The molecule has 0 saturated heterocycles. The summed E-state index contributed by atoms with van der Waals surface area (Å²) in [6.07, 6.45) is -0.469. The number of anilines is 1. The normalized spacial score (nSPS) is 18.1. The standard InChI is InChI=1S/C12H13NO5/c1-18-8-3-5-9-7(6-8)2-4-10(11(14)15)13(9)12(16)17/h3,5-6,10H,2,4H2,1H3,(H,14,15)(H,16,17)/t10-/m1/s1. The van der Waals surface area contributed by atoms with E-state index in [4.69, 9.17) is 14.9 Å². The molecule has 2 rings (SSSR count). The lowest BCUT2D eigenvalue weighted by Gasteiger charge is -2.32. The second kappa shape index (κ2) is 4.56. The quantitative estimate of drug-likeness (QED) is 0.833. The summed E-state index contributed by atoms with van der Waals surface area (Å²) in [5, 5.41) is 18.2. The number of nitrogens with zero attached hydrogens (tertiary/aromatic N) is 1. The van der Waals surface area contributed by atoms with Gasteiger partial charge in [-0.05, 0) is 36.6 Å². The highest BCUT2D eigenvalue weighted by atomic mass is 16.5. The van der Waals surface area contributed by atoms with Crippen molar-refractivity contribution >= 4 is 17.7 Å². The van der Waals surface area contributed by atoms with Gasteiger partial charge in [0.25, 0.3) is 0 Å². The number of hydrogen-bond donors (Lipinski definition) is 2. The number of rotatable bonds is 2. The Balaban J connectivity index is 2.46. The third-order valence-electron chi connectivity index (χ3n) is 3.04. The first-order valence-corrected chi connectivity index (χ1v) is 5.46. The van der Waals surface area contributed by atoms with Crippen molar-refractivity contribution in [2.45, 2.75) is 18.9 Å². The van der Waals surface area contributed by atoms with Gasteiger partial charge in [0.2, 0.25) is 0 Å². The lowest BCUT2D eigenvalue weighted by Crippen LogP contribution is -2.47. The fourth-order valence-electron chi connectivity index (χ4n) is 2.18. The number of benzene rings is 1. The molecule has 1 aliphatic heterocycles. The predicted molar refractivity (Wildman–Crippen MR) is 63.2 cm³/mol. The maximum atomic E-state index is 11.2. The van der Waals surface area contributed by atoms with E-state index in [0.717, 1.165) is 10.5 Å². The Hall–Kier alpha value is -2.24. The second-order valence-electron chi connectivity index (χ2n) is 4.04. The minimum atomic E-state index is -1.26. The average molecular weight is 251 g/mol. The van der Waals surface area contributed by atoms with Crippen LogP contribution in [-0.2, 0) is 11.2 Å². The molecule has 6 nitrogen and oxygen atoms in total. The molecule has 0 aromatic heterocycles. The molecular formula is C12H13NO5. The number of carboxylic acid groups (broad SMARTS) is 2. The zero-order valence-electron chi connectivity index (χ0n) is 9.79. The fraction of sp³-hybridized carbons (Fsp3) is 0.333. The number of methoxy groups -OCH3 is 1. The monoisotopic (exact) mass is 251 g/mol. The molecule has 0 saturated carbocycles. The minimum absolute atomic E-state index is 0.266. The first-order valence-electron chi connectivity index (χ1n) is 5.46. The van der Waals surface area contributed by atoms with Crippen LogP contribution in [0.3, 0.4) is 0 Å². The lowest BCUT2D eigenvalue weighted by atomic mass is 9.96. The molecule has 18 heavy (non-hydrogen) atoms. The van der Waals surface area contributed by atoms with Crippen LogP contribution in [0.15, 0.2) is 18.2 Å². The lowest BCUT2D eigenvalue weighted by molar-refractivity contribution is -0.138. The predicted octanol–water partition coefficient (Wildman–Crippen LogP) is 1.58. The average Bonchev–Trinajstić information content (AvgIpc) is 2.36. The van der Waals surface area contributed by atoms with E-state index in [1.807, 2.05) is 0 Å². The number of fused-ring (bicyclic) bond motifs is 1. The van der Waals surface area contributed by atoms with Gasteiger partial charge >= 0.3 is 12.1 Å². The van der Waals surface area contributed by atoms with Crippen LogP contribution in [0.5, 0.6) is 5.75 Å². The topological polar surface area (TPSA) is 87.1 Å². The highest BCUT2D eigenvalue weighted by molar-refractivity contribution is 5.95. The molecule has 0 unspecified atom stereocenters. The number of ether oxygens (including phenoxy) is 1. The molecule has 1 heterocycles. The Labute approximate surface area is 103 Å². The molecule has 0 spiro atoms. The zero-order valence-corrected chi connectivity index (χ0v) is 9.79. The van der Waals surface area contributed by atoms with Crippen molar-refractivity contribution in [1.29, 1.82) is 0 Å². The molecule has 1 atom stereocenters. The van der Waals surface area contributed by atoms with Crippen molar-refractivity contribution in [3.8, 4) is 5.75 Å². The van der Waals surface area contributed by atoms with Crippen molar-refractivity contribution in [3.05, 3.63) is 23.8 Å². The molecule has 6 heteroatoms. The number of carboxylic acids is 1. The van der Waals surface area contributed by atoms with Crippen molar-refractivity contribution < 1.29 is 24.5 Å². The van der Waals surface area contributed by atoms with E-state index in [9.17, 15) is 9.59 Å². The number of hydrogen-bond acceptors (Lipinski definition) is 3. The Morgan fingerprint density at radius 3 is 2.67 bits per heavy atom. The van der Waals surface area contributed by atoms with Crippen LogP contribution in [0, 0.1) is 0 Å². The summed E-state index contributed by atoms with van der Waals surface area (Å²) >= 11 is 0. The van der Waals surface area contributed by atoms with Crippen molar-refractivity contribution in [2.75, 3.05) is 12.0 Å². The SMILES string of the molecule is COc1ccc2c(c1)CC[C@H](C(=O)O)N2C(=O)O. The van der Waals surface area contributed by atoms with Gasteiger partial charge in [0.15, 0.2) is 0 Å². The van der Waals surface area contributed by atoms with Crippen LogP contribution >= 0.6 is 0 Å². The van der Waals surface area contributed by atoms with Crippen molar-refractivity contribution in [3.63, 3.8) is 0 Å². The van der Waals surface area contributed by atoms with E-state index < -0.39 is 18.1 Å². The Morgan fingerprint density at radius 1 is 1.39 bits per heavy atom. The maximum Gasteiger partial charge on any atom is 0.412 e. The van der Waals surface area contributed by atoms with Crippen molar-refractivity contribution in [2.24, 2.45) is 0 Å². The van der Waals surface area contributed by atoms with Crippen LogP contribution < -0.4 is 9.64 Å². The summed E-state index contributed by atoms with van der Waals surface area (Å²) in [6, 6.07) is 3.92. The highest BCUT2D eigenvalue weighted by Gasteiger charge is 2.35. The number of aliphatic carboxylic acids is 1. The smallest absolute Gasteiger partial charge is 0.412 e. The van der Waals surface area contributed by atoms with E-state index in [0.29, 0.717) is 17.9 Å². The van der Waals surface area contributed by atoms with Gasteiger partial charge in [-0.3, -0.25) is 4.90 Å². The largest absolute Gasteiger partial charge is 0.497 e. The van der Waals surface area contributed by atoms with Gasteiger partial charge < -0.3 is 14.9 Å². The number of carbonyl (C=O) groups is 2. The van der Waals surface area contributed by atoms with Crippen LogP contribution in [-0.4, -0.2) is 35.4 Å². The molecule has 0 bridgehead atoms. The summed E-state index contributed by atoms with van der Waals surface area (Å²) in [6.45, 7) is 0. The van der Waals surface area contributed by atoms with E-state index in [-0.39, 0.29) is 6.42 Å². The Kier molecular flexibility index (Phi) is 3.10. The first kappa shape index (κ1) is 12.2.